The molecule has 1 saturated carbocycles. The van der Waals surface area contributed by atoms with Crippen LogP contribution in [0.4, 0.5) is 0 Å². The Kier molecular flexibility index (Phi) is 1.61. The summed E-state index contributed by atoms with van der Waals surface area (Å²) in [6.07, 6.45) is 5.95. The van der Waals surface area contributed by atoms with Gasteiger partial charge in [0, 0.05) is 6.61 Å². The van der Waals surface area contributed by atoms with Crippen LogP contribution in [0, 0.1) is 16.7 Å². The summed E-state index contributed by atoms with van der Waals surface area (Å²) in [6, 6.07) is 2.40. The molecule has 1 aliphatic carbocycles. The van der Waals surface area contributed by atoms with Crippen LogP contribution < -0.4 is 0 Å². The highest BCUT2D eigenvalue weighted by molar-refractivity contribution is 5.10. The zero-order valence-electron chi connectivity index (χ0n) is 6.68. The van der Waals surface area contributed by atoms with Crippen LogP contribution in [0.1, 0.15) is 32.1 Å². The van der Waals surface area contributed by atoms with E-state index in [4.69, 9.17) is 10.00 Å². The van der Waals surface area contributed by atoms with Gasteiger partial charge in [-0.25, -0.2) is 0 Å². The van der Waals surface area contributed by atoms with Crippen LogP contribution in [-0.2, 0) is 4.74 Å². The Labute approximate surface area is 67.2 Å². The first kappa shape index (κ1) is 7.12. The van der Waals surface area contributed by atoms with E-state index in [-0.39, 0.29) is 5.41 Å². The fourth-order valence-electron chi connectivity index (χ4n) is 1.75. The molecule has 0 spiro atoms. The van der Waals surface area contributed by atoms with E-state index in [0.29, 0.717) is 6.10 Å². The molecule has 2 nitrogen and oxygen atoms in total. The van der Waals surface area contributed by atoms with Crippen molar-refractivity contribution in [1.29, 1.82) is 5.26 Å². The predicted molar refractivity (Wildman–Crippen MR) is 40.9 cm³/mol. The van der Waals surface area contributed by atoms with E-state index in [1.165, 1.54) is 12.8 Å². The van der Waals surface area contributed by atoms with Crippen molar-refractivity contribution in [2.45, 2.75) is 38.2 Å². The quantitative estimate of drug-likeness (QED) is 0.603. The van der Waals surface area contributed by atoms with Crippen LogP contribution in [0.25, 0.3) is 0 Å². The molecule has 2 rings (SSSR count). The van der Waals surface area contributed by atoms with Gasteiger partial charge in [-0.2, -0.15) is 5.26 Å². The zero-order valence-corrected chi connectivity index (χ0v) is 6.68. The number of ether oxygens (including phenoxy) is 1. The molecule has 2 fully saturated rings. The van der Waals surface area contributed by atoms with Gasteiger partial charge in [0.25, 0.3) is 0 Å². The Balaban J connectivity index is 1.85. The lowest BCUT2D eigenvalue weighted by atomic mass is 9.99. The lowest BCUT2D eigenvalue weighted by Crippen LogP contribution is -2.11. The van der Waals surface area contributed by atoms with Gasteiger partial charge in [0.2, 0.25) is 0 Å². The Morgan fingerprint density at radius 2 is 2.36 bits per heavy atom. The largest absolute Gasteiger partial charge is 0.378 e. The smallest absolute Gasteiger partial charge is 0.0690 e. The average Bonchev–Trinajstić information content (AvgIpc) is 2.59. The van der Waals surface area contributed by atoms with Gasteiger partial charge in [-0.15, -0.1) is 0 Å². The minimum atomic E-state index is 0.0367. The van der Waals surface area contributed by atoms with Gasteiger partial charge in [0.1, 0.15) is 0 Å². The molecule has 0 amide bonds. The first-order valence-electron chi connectivity index (χ1n) is 4.38. The Bertz CT molecular complexity index is 184. The van der Waals surface area contributed by atoms with Crippen LogP contribution in [0.3, 0.4) is 0 Å². The van der Waals surface area contributed by atoms with Gasteiger partial charge < -0.3 is 4.74 Å². The standard InChI is InChI=1S/C9H13NO/c10-7-9(3-4-9)6-8-2-1-5-11-8/h8H,1-6H2. The van der Waals surface area contributed by atoms with Crippen LogP contribution in [0.15, 0.2) is 0 Å². The molecule has 0 bridgehead atoms. The molecule has 2 aliphatic rings. The van der Waals surface area contributed by atoms with Gasteiger partial charge in [0.05, 0.1) is 17.6 Å². The number of rotatable bonds is 2. The third-order valence-electron chi connectivity index (χ3n) is 2.73. The van der Waals surface area contributed by atoms with Crippen molar-refractivity contribution in [2.75, 3.05) is 6.61 Å². The topological polar surface area (TPSA) is 33.0 Å². The van der Waals surface area contributed by atoms with E-state index in [9.17, 15) is 0 Å². The van der Waals surface area contributed by atoms with E-state index in [1.807, 2.05) is 0 Å². The maximum atomic E-state index is 8.81. The van der Waals surface area contributed by atoms with Crippen LogP contribution >= 0.6 is 0 Å². The summed E-state index contributed by atoms with van der Waals surface area (Å²) in [7, 11) is 0. The Morgan fingerprint density at radius 3 is 2.82 bits per heavy atom. The van der Waals surface area contributed by atoms with Crippen molar-refractivity contribution in [3.63, 3.8) is 0 Å². The fraction of sp³-hybridized carbons (Fsp3) is 0.889. The molecule has 1 unspecified atom stereocenters. The maximum Gasteiger partial charge on any atom is 0.0690 e. The molecule has 60 valence electrons. The van der Waals surface area contributed by atoms with E-state index >= 15 is 0 Å². The molecule has 1 atom stereocenters. The van der Waals surface area contributed by atoms with Crippen molar-refractivity contribution < 1.29 is 4.74 Å². The van der Waals surface area contributed by atoms with E-state index in [2.05, 4.69) is 6.07 Å². The third kappa shape index (κ3) is 1.39. The second kappa shape index (κ2) is 2.49. The molecule has 1 aliphatic heterocycles. The SMILES string of the molecule is N#CC1(CC2CCCO2)CC1. The molecule has 2 heteroatoms. The van der Waals surface area contributed by atoms with Crippen LogP contribution in [0.5, 0.6) is 0 Å². The predicted octanol–water partition coefficient (Wildman–Crippen LogP) is 1.86. The average molecular weight is 151 g/mol. The van der Waals surface area contributed by atoms with Crippen LogP contribution in [-0.4, -0.2) is 12.7 Å². The number of hydrogen-bond donors (Lipinski definition) is 0. The lowest BCUT2D eigenvalue weighted by molar-refractivity contribution is 0.0929. The summed E-state index contributed by atoms with van der Waals surface area (Å²) < 4.78 is 5.48. The highest BCUT2D eigenvalue weighted by Gasteiger charge is 2.45. The van der Waals surface area contributed by atoms with Gasteiger partial charge in [0.15, 0.2) is 0 Å². The fourth-order valence-corrected chi connectivity index (χ4v) is 1.75. The Morgan fingerprint density at radius 1 is 1.55 bits per heavy atom. The molecule has 0 aromatic rings. The highest BCUT2D eigenvalue weighted by atomic mass is 16.5. The molecule has 11 heavy (non-hydrogen) atoms. The molecular weight excluding hydrogens is 138 g/mol. The number of nitriles is 1. The third-order valence-corrected chi connectivity index (χ3v) is 2.73. The molecule has 0 aromatic heterocycles. The summed E-state index contributed by atoms with van der Waals surface area (Å²) in [5.41, 5.74) is 0.0367. The molecule has 0 aromatic carbocycles. The second-order valence-electron chi connectivity index (χ2n) is 3.73. The Hall–Kier alpha value is -0.550. The monoisotopic (exact) mass is 151 g/mol. The minimum Gasteiger partial charge on any atom is -0.378 e. The second-order valence-corrected chi connectivity index (χ2v) is 3.73. The van der Waals surface area contributed by atoms with Gasteiger partial charge >= 0.3 is 0 Å². The first-order chi connectivity index (χ1) is 5.35. The zero-order chi connectivity index (χ0) is 7.73. The van der Waals surface area contributed by atoms with E-state index < -0.39 is 0 Å². The first-order valence-corrected chi connectivity index (χ1v) is 4.38. The van der Waals surface area contributed by atoms with Crippen molar-refractivity contribution >= 4 is 0 Å². The summed E-state index contributed by atoms with van der Waals surface area (Å²) in [5, 5.41) is 8.81. The van der Waals surface area contributed by atoms with Gasteiger partial charge in [-0.3, -0.25) is 0 Å². The van der Waals surface area contributed by atoms with E-state index in [1.54, 1.807) is 0 Å². The van der Waals surface area contributed by atoms with Crippen molar-refractivity contribution in [3.8, 4) is 6.07 Å². The summed E-state index contributed by atoms with van der Waals surface area (Å²) in [5.74, 6) is 0. The summed E-state index contributed by atoms with van der Waals surface area (Å²) in [4.78, 5) is 0. The highest BCUT2D eigenvalue weighted by Crippen LogP contribution is 2.50. The van der Waals surface area contributed by atoms with E-state index in [0.717, 1.165) is 25.9 Å². The molecule has 1 heterocycles. The minimum absolute atomic E-state index is 0.0367. The summed E-state index contributed by atoms with van der Waals surface area (Å²) in [6.45, 7) is 0.909. The van der Waals surface area contributed by atoms with Crippen molar-refractivity contribution in [3.05, 3.63) is 0 Å². The van der Waals surface area contributed by atoms with Gasteiger partial charge in [-0.05, 0) is 32.1 Å². The van der Waals surface area contributed by atoms with Crippen LogP contribution in [0.2, 0.25) is 0 Å². The number of nitrogens with zero attached hydrogens (tertiary/aromatic N) is 1. The molecular formula is C9H13NO. The molecule has 1 saturated heterocycles. The lowest BCUT2D eigenvalue weighted by Gasteiger charge is -2.11. The van der Waals surface area contributed by atoms with Crippen molar-refractivity contribution in [2.24, 2.45) is 5.41 Å². The molecule has 0 radical (unpaired) electrons. The van der Waals surface area contributed by atoms with Gasteiger partial charge in [-0.1, -0.05) is 0 Å². The maximum absolute atomic E-state index is 8.81. The molecule has 0 N–H and O–H groups in total. The number of hydrogen-bond acceptors (Lipinski definition) is 2. The van der Waals surface area contributed by atoms with Crippen molar-refractivity contribution in [1.82, 2.24) is 0 Å². The normalized spacial score (nSPS) is 33.2. The summed E-state index contributed by atoms with van der Waals surface area (Å²) >= 11 is 0.